The molecule has 1 fully saturated rings. The van der Waals surface area contributed by atoms with Gasteiger partial charge in [-0.1, -0.05) is 19.1 Å². The molecule has 2 rings (SSSR count). The van der Waals surface area contributed by atoms with Gasteiger partial charge in [0.2, 0.25) is 5.91 Å². The molecule has 1 atom stereocenters. The first kappa shape index (κ1) is 23.6. The Morgan fingerprint density at radius 2 is 2.03 bits per heavy atom. The van der Waals surface area contributed by atoms with Crippen LogP contribution in [0.2, 0.25) is 0 Å². The third-order valence-corrected chi connectivity index (χ3v) is 4.65. The second-order valence-corrected chi connectivity index (χ2v) is 6.91. The molecule has 1 aromatic rings. The van der Waals surface area contributed by atoms with Gasteiger partial charge in [-0.15, -0.1) is 0 Å². The number of piperazine rings is 1. The number of methoxy groups -OCH3 is 1. The zero-order chi connectivity index (χ0) is 21.9. The van der Waals surface area contributed by atoms with Crippen molar-refractivity contribution in [1.82, 2.24) is 15.5 Å². The van der Waals surface area contributed by atoms with Crippen molar-refractivity contribution in [3.8, 4) is 5.75 Å². The lowest BCUT2D eigenvalue weighted by Crippen LogP contribution is -2.60. The van der Waals surface area contributed by atoms with Gasteiger partial charge in [0.05, 0.1) is 25.2 Å². The maximum absolute atomic E-state index is 12.8. The monoisotopic (exact) mass is 437 g/mol. The van der Waals surface area contributed by atoms with Gasteiger partial charge in [-0.05, 0) is 30.8 Å². The summed E-state index contributed by atoms with van der Waals surface area (Å²) in [5.41, 5.74) is 0.302. The predicted octanol–water partition coefficient (Wildman–Crippen LogP) is 0.870. The van der Waals surface area contributed by atoms with Crippen LogP contribution in [0.1, 0.15) is 30.1 Å². The van der Waals surface area contributed by atoms with Crippen LogP contribution in [-0.4, -0.2) is 73.9 Å². The average Bonchev–Trinajstić information content (AvgIpc) is 2.74. The van der Waals surface area contributed by atoms with Crippen molar-refractivity contribution >= 4 is 35.1 Å². The second-order valence-electron chi connectivity index (χ2n) is 6.52. The van der Waals surface area contributed by atoms with Crippen LogP contribution >= 0.6 is 12.2 Å². The van der Waals surface area contributed by atoms with Crippen molar-refractivity contribution in [2.45, 2.75) is 25.8 Å². The van der Waals surface area contributed by atoms with Crippen molar-refractivity contribution in [2.75, 3.05) is 40.0 Å². The van der Waals surface area contributed by atoms with E-state index in [1.165, 1.54) is 4.90 Å². The Morgan fingerprint density at radius 1 is 1.27 bits per heavy atom. The van der Waals surface area contributed by atoms with Gasteiger partial charge >= 0.3 is 5.97 Å². The molecule has 10 heteroatoms. The molecule has 9 nitrogen and oxygen atoms in total. The van der Waals surface area contributed by atoms with Crippen LogP contribution in [0, 0.1) is 0 Å². The molecule has 0 radical (unpaired) electrons. The summed E-state index contributed by atoms with van der Waals surface area (Å²) in [4.78, 5) is 38.6. The summed E-state index contributed by atoms with van der Waals surface area (Å²) < 4.78 is 15.6. The van der Waals surface area contributed by atoms with Crippen LogP contribution in [0.5, 0.6) is 5.75 Å². The van der Waals surface area contributed by atoms with Gasteiger partial charge in [0.15, 0.2) is 5.11 Å². The van der Waals surface area contributed by atoms with E-state index in [2.05, 4.69) is 10.6 Å². The normalized spacial score (nSPS) is 15.9. The molecule has 2 amide bonds. The van der Waals surface area contributed by atoms with Crippen LogP contribution in [0.25, 0.3) is 0 Å². The molecule has 1 unspecified atom stereocenters. The van der Waals surface area contributed by atoms with Crippen molar-refractivity contribution in [2.24, 2.45) is 0 Å². The standard InChI is InChI=1S/C20H27N3O6S/c1-3-10-29-17(24)13-15-19(26)21-8-9-23(15)20(30)22-18(25)14-6-4-5-7-16(14)28-12-11-27-2/h4-7,15H,3,8-13H2,1-2H3,(H,21,26)(H,22,25,30). The van der Waals surface area contributed by atoms with Gasteiger partial charge in [-0.25, -0.2) is 0 Å². The SMILES string of the molecule is CCCOC(=O)CC1C(=O)NCCN1C(=S)NC(=O)c1ccccc1OCCOC. The third-order valence-electron chi connectivity index (χ3n) is 4.32. The number of rotatable bonds is 9. The summed E-state index contributed by atoms with van der Waals surface area (Å²) in [5, 5.41) is 5.41. The minimum absolute atomic E-state index is 0.0647. The van der Waals surface area contributed by atoms with Crippen molar-refractivity contribution in [3.05, 3.63) is 29.8 Å². The Hall–Kier alpha value is -2.72. The van der Waals surface area contributed by atoms with E-state index in [-0.39, 0.29) is 24.0 Å². The zero-order valence-electron chi connectivity index (χ0n) is 17.1. The van der Waals surface area contributed by atoms with E-state index in [4.69, 9.17) is 26.4 Å². The number of nitrogens with zero attached hydrogens (tertiary/aromatic N) is 1. The highest BCUT2D eigenvalue weighted by Gasteiger charge is 2.34. The summed E-state index contributed by atoms with van der Waals surface area (Å²) in [6, 6.07) is 5.91. The lowest BCUT2D eigenvalue weighted by atomic mass is 10.1. The van der Waals surface area contributed by atoms with E-state index >= 15 is 0 Å². The molecule has 0 aromatic heterocycles. The summed E-state index contributed by atoms with van der Waals surface area (Å²) in [7, 11) is 1.56. The van der Waals surface area contributed by atoms with Crippen LogP contribution in [0.15, 0.2) is 24.3 Å². The Labute approximate surface area is 181 Å². The first-order chi connectivity index (χ1) is 14.5. The molecule has 1 aromatic carbocycles. The maximum atomic E-state index is 12.8. The molecular weight excluding hydrogens is 410 g/mol. The summed E-state index contributed by atoms with van der Waals surface area (Å²) in [6.07, 6.45) is 0.533. The summed E-state index contributed by atoms with van der Waals surface area (Å²) in [5.74, 6) is -0.901. The Bertz CT molecular complexity index is 773. The molecule has 2 N–H and O–H groups in total. The van der Waals surface area contributed by atoms with Crippen molar-refractivity contribution < 1.29 is 28.6 Å². The number of para-hydroxylation sites is 1. The molecule has 1 aliphatic heterocycles. The van der Waals surface area contributed by atoms with Gasteiger partial charge in [0.1, 0.15) is 18.4 Å². The fourth-order valence-electron chi connectivity index (χ4n) is 2.84. The lowest BCUT2D eigenvalue weighted by molar-refractivity contribution is -0.147. The number of hydrogen-bond donors (Lipinski definition) is 2. The molecule has 0 spiro atoms. The smallest absolute Gasteiger partial charge is 0.308 e. The first-order valence-electron chi connectivity index (χ1n) is 9.74. The Morgan fingerprint density at radius 3 is 2.77 bits per heavy atom. The number of thiocarbonyl (C=S) groups is 1. The predicted molar refractivity (Wildman–Crippen MR) is 113 cm³/mol. The van der Waals surface area contributed by atoms with Crippen LogP contribution < -0.4 is 15.4 Å². The topological polar surface area (TPSA) is 106 Å². The highest BCUT2D eigenvalue weighted by atomic mass is 32.1. The zero-order valence-corrected chi connectivity index (χ0v) is 18.0. The van der Waals surface area contributed by atoms with Crippen LogP contribution in [-0.2, 0) is 19.1 Å². The number of esters is 1. The fourth-order valence-corrected chi connectivity index (χ4v) is 3.16. The largest absolute Gasteiger partial charge is 0.490 e. The van der Waals surface area contributed by atoms with Crippen LogP contribution in [0.3, 0.4) is 0 Å². The summed E-state index contributed by atoms with van der Waals surface area (Å²) in [6.45, 7) is 3.56. The fraction of sp³-hybridized carbons (Fsp3) is 0.500. The number of nitrogens with one attached hydrogen (secondary N) is 2. The summed E-state index contributed by atoms with van der Waals surface area (Å²) >= 11 is 5.37. The van der Waals surface area contributed by atoms with Gasteiger partial charge in [0, 0.05) is 20.2 Å². The van der Waals surface area contributed by atoms with E-state index in [9.17, 15) is 14.4 Å². The van der Waals surface area contributed by atoms with Crippen molar-refractivity contribution in [3.63, 3.8) is 0 Å². The molecule has 1 saturated heterocycles. The van der Waals surface area contributed by atoms with Gasteiger partial charge in [-0.3, -0.25) is 19.7 Å². The average molecular weight is 438 g/mol. The second kappa shape index (κ2) is 12.1. The van der Waals surface area contributed by atoms with E-state index in [0.717, 1.165) is 0 Å². The molecule has 30 heavy (non-hydrogen) atoms. The van der Waals surface area contributed by atoms with E-state index in [1.54, 1.807) is 31.4 Å². The Balaban J connectivity index is 2.06. The van der Waals surface area contributed by atoms with E-state index in [0.29, 0.717) is 44.0 Å². The number of benzene rings is 1. The quantitative estimate of drug-likeness (QED) is 0.333. The molecule has 1 aliphatic rings. The molecule has 0 bridgehead atoms. The van der Waals surface area contributed by atoms with E-state index in [1.807, 2.05) is 6.92 Å². The number of hydrogen-bond acceptors (Lipinski definition) is 7. The lowest BCUT2D eigenvalue weighted by Gasteiger charge is -2.36. The van der Waals surface area contributed by atoms with Gasteiger partial charge in [0.25, 0.3) is 5.91 Å². The van der Waals surface area contributed by atoms with Gasteiger partial charge in [-0.2, -0.15) is 0 Å². The molecule has 164 valence electrons. The third kappa shape index (κ3) is 6.67. The number of ether oxygens (including phenoxy) is 3. The number of carbonyl (C=O) groups excluding carboxylic acids is 3. The molecule has 0 saturated carbocycles. The van der Waals surface area contributed by atoms with Gasteiger partial charge < -0.3 is 24.4 Å². The molecule has 0 aliphatic carbocycles. The number of amides is 2. The van der Waals surface area contributed by atoms with E-state index < -0.39 is 17.9 Å². The molecule has 1 heterocycles. The van der Waals surface area contributed by atoms with Crippen molar-refractivity contribution in [1.29, 1.82) is 0 Å². The first-order valence-corrected chi connectivity index (χ1v) is 10.1. The maximum Gasteiger partial charge on any atom is 0.308 e. The highest BCUT2D eigenvalue weighted by Crippen LogP contribution is 2.18. The molecular formula is C20H27N3O6S. The highest BCUT2D eigenvalue weighted by molar-refractivity contribution is 7.80. The Kier molecular flexibility index (Phi) is 9.49. The number of carbonyl (C=O) groups is 3. The van der Waals surface area contributed by atoms with Crippen LogP contribution in [0.4, 0.5) is 0 Å². The minimum atomic E-state index is -0.843. The minimum Gasteiger partial charge on any atom is -0.490 e.